The van der Waals surface area contributed by atoms with E-state index in [1.54, 1.807) is 196 Å². The Morgan fingerprint density at radius 1 is 0.593 bits per heavy atom. The summed E-state index contributed by atoms with van der Waals surface area (Å²) in [5.74, 6) is 2.99. The molecule has 7 aromatic rings. The van der Waals surface area contributed by atoms with Crippen LogP contribution in [0.5, 0.6) is 0 Å². The Hall–Kier alpha value is -5.81. The molecule has 150 heavy (non-hydrogen) atoms. The molecule has 0 saturated heterocycles. The zero-order valence-electron chi connectivity index (χ0n) is 94.7. The molecule has 0 aromatic heterocycles. The van der Waals surface area contributed by atoms with Gasteiger partial charge in [0.15, 0.2) is 34.4 Å². The smallest absolute Gasteiger partial charge is 1.00 e. The van der Waals surface area contributed by atoms with E-state index in [0.29, 0.717) is 75.6 Å². The van der Waals surface area contributed by atoms with E-state index in [2.05, 4.69) is 82.5 Å². The number of benzene rings is 7. The number of aliphatic hydroxyl groups is 4. The largest absolute Gasteiger partial charge is 2.00 e. The first-order chi connectivity index (χ1) is 67.9. The molecule has 816 valence electrons. The molecule has 10 N–H and O–H groups in total. The van der Waals surface area contributed by atoms with Gasteiger partial charge in [0.05, 0.1) is 85.7 Å². The molecule has 5 aliphatic rings. The molecular formula is C117H174BrF2KMgN10O12S2Si2SnTi. The van der Waals surface area contributed by atoms with Crippen molar-refractivity contribution >= 4 is 140 Å². The molecule has 0 spiro atoms. The number of nitrogens with one attached hydrogen (secondary N) is 1. The van der Waals surface area contributed by atoms with Crippen LogP contribution in [0.1, 0.15) is 346 Å². The van der Waals surface area contributed by atoms with Gasteiger partial charge in [-0.25, -0.2) is 36.5 Å². The molecule has 33 heteroatoms. The normalized spacial score (nSPS) is 13.6. The second kappa shape index (κ2) is 84.4. The molecule has 2 unspecified atom stereocenters. The summed E-state index contributed by atoms with van der Waals surface area (Å²) >= 11 is -0.967. The Morgan fingerprint density at radius 2 is 0.960 bits per heavy atom. The molecule has 5 aliphatic carbocycles. The molecule has 0 aliphatic heterocycles. The van der Waals surface area contributed by atoms with Gasteiger partial charge in [-0.3, -0.25) is 24.2 Å². The predicted molar refractivity (Wildman–Crippen MR) is 613 cm³/mol. The summed E-state index contributed by atoms with van der Waals surface area (Å²) in [7, 11) is -4.09. The number of ketones is 3. The van der Waals surface area contributed by atoms with Crippen molar-refractivity contribution in [3.05, 3.63) is 266 Å². The summed E-state index contributed by atoms with van der Waals surface area (Å²) in [5, 5.41) is 55.0. The third-order valence-electron chi connectivity index (χ3n) is 22.2. The van der Waals surface area contributed by atoms with Crippen LogP contribution in [0, 0.1) is 89.7 Å². The van der Waals surface area contributed by atoms with Gasteiger partial charge in [0, 0.05) is 91.7 Å². The summed E-state index contributed by atoms with van der Waals surface area (Å²) in [5.41, 5.74) is 14.4. The fourth-order valence-electron chi connectivity index (χ4n) is 12.3. The van der Waals surface area contributed by atoms with E-state index in [1.807, 2.05) is 104 Å². The van der Waals surface area contributed by atoms with Crippen LogP contribution in [-0.4, -0.2) is 165 Å². The van der Waals surface area contributed by atoms with Crippen molar-refractivity contribution in [2.45, 2.75) is 364 Å². The van der Waals surface area contributed by atoms with E-state index in [1.165, 1.54) is 109 Å². The minimum Gasteiger partial charge on any atom is -1.00 e. The van der Waals surface area contributed by atoms with Crippen LogP contribution in [0.25, 0.3) is 14.5 Å². The van der Waals surface area contributed by atoms with Crippen molar-refractivity contribution in [3.8, 4) is 12.1 Å². The number of carbonyl (C=O) groups is 4. The summed E-state index contributed by atoms with van der Waals surface area (Å²) in [6.07, 6.45) is 30.5. The number of halogens is 3. The van der Waals surface area contributed by atoms with Gasteiger partial charge in [0.25, 0.3) is 0 Å². The molecule has 0 radical (unpaired) electrons. The predicted octanol–water partition coefficient (Wildman–Crippen LogP) is 22.0. The second-order valence-corrected chi connectivity index (χ2v) is 63.3. The zero-order valence-corrected chi connectivity index (χ0v) is 109. The molecule has 0 heterocycles. The van der Waals surface area contributed by atoms with Crippen LogP contribution in [0.2, 0.25) is 38.0 Å². The van der Waals surface area contributed by atoms with E-state index >= 15 is 0 Å². The number of aldehydes is 1. The number of unbranched alkanes of at least 4 members (excludes halogenated alkanes) is 3. The molecule has 22 nitrogen and oxygen atoms in total. The van der Waals surface area contributed by atoms with Crippen molar-refractivity contribution in [1.29, 1.82) is 10.5 Å². The van der Waals surface area contributed by atoms with Crippen molar-refractivity contribution < 1.29 is 157 Å². The van der Waals surface area contributed by atoms with Crippen LogP contribution in [-0.2, 0) is 58.5 Å². The third-order valence-corrected chi connectivity index (χ3v) is 39.6. The molecule has 7 aromatic carbocycles. The fraction of sp³-hybridized carbons (Fsp3) is 0.538. The number of hydrogen-bond donors (Lipinski definition) is 7. The maximum absolute atomic E-state index is 13.9. The first-order valence-corrected chi connectivity index (χ1v) is 65.4. The monoisotopic (exact) mass is 2380 g/mol. The number of nitriles is 2. The number of hydrogen-bond acceptors (Lipinski definition) is 16. The Bertz CT molecular complexity index is 5240. The van der Waals surface area contributed by atoms with E-state index in [9.17, 15) is 46.1 Å². The first kappa shape index (κ1) is 155. The molecule has 5 fully saturated rings. The number of carbonyl (C=O) groups excluding carboxylic acids is 4. The average molecular weight is 2380 g/mol. The number of allylic oxidation sites excluding steroid dienone is 2. The molecular weight excluding hydrogens is 2210 g/mol. The van der Waals surface area contributed by atoms with E-state index in [4.69, 9.17) is 56.3 Å². The van der Waals surface area contributed by atoms with E-state index in [-0.39, 0.29) is 182 Å². The maximum Gasteiger partial charge on any atom is 2.00 e. The van der Waals surface area contributed by atoms with Gasteiger partial charge in [0.1, 0.15) is 20.3 Å². The SMILES string of the molecule is CC(C)(C)S(=O)NC(CCC1CC1)(c1ccc(C#N)cc1)c1ccc(F)c(N)c1.CC(C)(C)[S@](N)=O.CC(C)(C)[Si](=O)N=C(CCC1CC1)c1ccc(C#N)cc1.CC(C)O.CC(C)O.CC(C)O.CC(C)O.CCC[CH2][SnH]([CH2]CCC)[CH2]CCC.CN(c1c[c-]ccc1F)[Si](C)(C)C.O=CC1CC1.[Br-].[C-]#[N+]c1ccc(C(=O)/C=C/C2CC2)cc1.[C-]#[N+]c1ccc(C(=O)CCC2CC2)cc1.[C-]#[N+]c1ccc(C(C)=O)cc1.[K+].[Mg+2].[OH-].[Ti]. The van der Waals surface area contributed by atoms with Gasteiger partial charge in [-0.2, -0.15) is 28.7 Å². The van der Waals surface area contributed by atoms with Crippen LogP contribution < -0.4 is 88.5 Å². The second-order valence-electron chi connectivity index (χ2n) is 42.2. The molecule has 0 bridgehead atoms. The van der Waals surface area contributed by atoms with Crippen LogP contribution in [0.4, 0.5) is 37.2 Å². The summed E-state index contributed by atoms with van der Waals surface area (Å²) in [4.78, 5) is 53.4. The Labute approximate surface area is 1000 Å². The first-order valence-electron chi connectivity index (χ1n) is 51.3. The number of rotatable bonds is 32. The minimum atomic E-state index is -2.02. The van der Waals surface area contributed by atoms with Gasteiger partial charge in [-0.15, -0.1) is 6.07 Å². The number of anilines is 2. The molecule has 5 saturated carbocycles. The van der Waals surface area contributed by atoms with Gasteiger partial charge >= 0.3 is 176 Å². The van der Waals surface area contributed by atoms with Crippen molar-refractivity contribution in [2.75, 3.05) is 17.3 Å². The number of aliphatic hydroxyl groups excluding tert-OH is 4. The van der Waals surface area contributed by atoms with Crippen LogP contribution in [0.15, 0.2) is 175 Å². The zero-order chi connectivity index (χ0) is 110. The molecule has 3 atom stereocenters. The molecule has 0 amide bonds. The number of Topliss-reactive ketones (excluding diaryl/α,β-unsaturated/α-hetero) is 2. The Kier molecular flexibility index (Phi) is 87.1. The number of nitrogens with zero attached hydrogens (tertiary/aromatic N) is 7. The third kappa shape index (κ3) is 75.9. The summed E-state index contributed by atoms with van der Waals surface area (Å²) in [6.45, 7) is 66.3. The molecule has 12 rings (SSSR count). The van der Waals surface area contributed by atoms with Crippen LogP contribution >= 0.6 is 0 Å². The van der Waals surface area contributed by atoms with E-state index < -0.39 is 74.9 Å². The number of nitrogen functional groups attached to an aromatic ring is 1. The van der Waals surface area contributed by atoms with Crippen molar-refractivity contribution in [3.63, 3.8) is 0 Å². The topological polar surface area (TPSA) is 371 Å². The van der Waals surface area contributed by atoms with Crippen molar-refractivity contribution in [1.82, 2.24) is 4.72 Å². The van der Waals surface area contributed by atoms with Gasteiger partial charge in [-0.1, -0.05) is 188 Å². The standard InChI is InChI=1S/C23H28FN3OS.C17H22N2OSi.C13H13NO.C13H11NO.C10H15FNSi.C9H7NO.C4H11NOS.C4H6O.3C4H9.4C3H8O.BrH.K.Mg.H2O.Sn.Ti.H/c1-22(2,3)29(28)27-23(13-12-16-4-5-16,18-8-6-17(15-25)7-9-18)19-10-11-20(24)21(26)14-19;1-17(2,3)21(20)19-16(11-8-13-4-5-13)15-9-6-14(12-18)7-10-15;2*1-14-12-7-5-11(6-8-12)13(15)9-4-10-2-3-10;1-12(13(2,3)4)10-8-6-5-7-9(10)11;1-7(11)8-3-5-9(10-2)6-4-8;1-4(2,3)7(5)6;5-3-4-1-2-4;3*1-3-4-2;4*1-3(2)4;;;;;;;/h6-11,14,16,27H,4-5,12-13,26H2,1-3H3;6-7,9-10,13H,4-5,8,11H2,1-3H3;5-8,10H,2-4,9H2;4-10H,2-3H2;5,7-8H,1-4H3;3-6H,1H3;5H2,1-3H3;3-4H,1-2H2;3*1,3-4H2,2H3;4*3-4H,1-2H3;1H;;;1H2;;;/q;;;;-1;;;;;;;;;;;;+1;+2;;;;/p-2/b;;;9-4+;;;;;;;;;;;;;;;;;;/t;;;;;;7-;;;;;;;;;;;;;;;/m......1.............../s1. The summed E-state index contributed by atoms with van der Waals surface area (Å²) in [6, 6.07) is 51.6. The van der Waals surface area contributed by atoms with Gasteiger partial charge in [0.2, 0.25) is 0 Å². The van der Waals surface area contributed by atoms with Gasteiger partial charge in [-0.05, 0) is 257 Å². The van der Waals surface area contributed by atoms with Gasteiger partial charge < -0.3 is 62.4 Å². The summed E-state index contributed by atoms with van der Waals surface area (Å²) < 4.78 is 77.5. The fourth-order valence-corrected chi connectivity index (χ4v) is 25.9. The van der Waals surface area contributed by atoms with E-state index in [0.717, 1.165) is 84.6 Å². The minimum absolute atomic E-state index is 0. The quantitative estimate of drug-likeness (QED) is 0.00392. The number of nitrogens with two attached hydrogens (primary N) is 2. The Morgan fingerprint density at radius 3 is 1.28 bits per heavy atom. The average Bonchev–Trinajstić information content (AvgIpc) is 1.27. The van der Waals surface area contributed by atoms with Crippen molar-refractivity contribution in [2.24, 2.45) is 39.4 Å². The maximum atomic E-state index is 13.9. The van der Waals surface area contributed by atoms with Crippen LogP contribution in [0.3, 0.4) is 0 Å². The Balaban J connectivity index is -0.000000390.